The molecule has 2 heterocycles. The molecule has 1 amide bonds. The van der Waals surface area contributed by atoms with E-state index < -0.39 is 0 Å². The Morgan fingerprint density at radius 2 is 2.38 bits per heavy atom. The minimum absolute atomic E-state index is 0.137. The van der Waals surface area contributed by atoms with Crippen LogP contribution in [0.1, 0.15) is 19.3 Å². The zero-order valence-electron chi connectivity index (χ0n) is 7.71. The highest BCUT2D eigenvalue weighted by molar-refractivity contribution is 5.77. The predicted molar refractivity (Wildman–Crippen MR) is 48.4 cm³/mol. The molecule has 0 saturated carbocycles. The molecule has 2 rings (SSSR count). The molecule has 1 unspecified atom stereocenters. The minimum Gasteiger partial charge on any atom is -0.378 e. The van der Waals surface area contributed by atoms with Crippen molar-refractivity contribution in [1.29, 1.82) is 0 Å². The van der Waals surface area contributed by atoms with Crippen LogP contribution < -0.4 is 10.6 Å². The Balaban J connectivity index is 1.64. The van der Waals surface area contributed by atoms with E-state index in [1.165, 1.54) is 0 Å². The van der Waals surface area contributed by atoms with Gasteiger partial charge in [0.15, 0.2) is 0 Å². The van der Waals surface area contributed by atoms with Crippen molar-refractivity contribution in [1.82, 2.24) is 10.6 Å². The maximum Gasteiger partial charge on any atom is 0.222 e. The molecule has 1 atom stereocenters. The summed E-state index contributed by atoms with van der Waals surface area (Å²) in [5.41, 5.74) is 0. The van der Waals surface area contributed by atoms with Gasteiger partial charge in [-0.15, -0.1) is 0 Å². The summed E-state index contributed by atoms with van der Waals surface area (Å²) in [6, 6.07) is 0.355. The van der Waals surface area contributed by atoms with Crippen LogP contribution in [0.5, 0.6) is 0 Å². The summed E-state index contributed by atoms with van der Waals surface area (Å²) in [4.78, 5) is 11.4. The van der Waals surface area contributed by atoms with E-state index in [1.54, 1.807) is 0 Å². The SMILES string of the molecule is O=C(CC1CCCO1)NC1CNC1. The van der Waals surface area contributed by atoms with Gasteiger partial charge in [-0.2, -0.15) is 0 Å². The van der Waals surface area contributed by atoms with Crippen LogP contribution in [0.3, 0.4) is 0 Å². The molecule has 74 valence electrons. The van der Waals surface area contributed by atoms with E-state index in [2.05, 4.69) is 10.6 Å². The molecule has 4 heteroatoms. The van der Waals surface area contributed by atoms with Gasteiger partial charge in [0.1, 0.15) is 0 Å². The summed E-state index contributed by atoms with van der Waals surface area (Å²) in [7, 11) is 0. The van der Waals surface area contributed by atoms with Gasteiger partial charge in [-0.05, 0) is 12.8 Å². The fourth-order valence-electron chi connectivity index (χ4n) is 1.69. The largest absolute Gasteiger partial charge is 0.378 e. The van der Waals surface area contributed by atoms with Crippen LogP contribution in [-0.2, 0) is 9.53 Å². The number of ether oxygens (including phenoxy) is 1. The molecular weight excluding hydrogens is 168 g/mol. The van der Waals surface area contributed by atoms with Gasteiger partial charge in [0.05, 0.1) is 18.6 Å². The number of hydrogen-bond donors (Lipinski definition) is 2. The van der Waals surface area contributed by atoms with Crippen molar-refractivity contribution in [2.24, 2.45) is 0 Å². The lowest BCUT2D eigenvalue weighted by molar-refractivity contribution is -0.124. The normalized spacial score (nSPS) is 28.5. The lowest BCUT2D eigenvalue weighted by Crippen LogP contribution is -2.57. The van der Waals surface area contributed by atoms with E-state index in [9.17, 15) is 4.79 Å². The maximum atomic E-state index is 11.4. The van der Waals surface area contributed by atoms with Crippen LogP contribution in [0.15, 0.2) is 0 Å². The number of amides is 1. The molecule has 13 heavy (non-hydrogen) atoms. The first-order valence-electron chi connectivity index (χ1n) is 4.96. The van der Waals surface area contributed by atoms with Gasteiger partial charge < -0.3 is 15.4 Å². The second kappa shape index (κ2) is 4.07. The van der Waals surface area contributed by atoms with Gasteiger partial charge >= 0.3 is 0 Å². The van der Waals surface area contributed by atoms with Gasteiger partial charge in [0, 0.05) is 19.7 Å². The van der Waals surface area contributed by atoms with Crippen molar-refractivity contribution in [3.8, 4) is 0 Å². The molecule has 2 N–H and O–H groups in total. The predicted octanol–water partition coefficient (Wildman–Crippen LogP) is -0.356. The molecule has 2 saturated heterocycles. The highest BCUT2D eigenvalue weighted by Gasteiger charge is 2.23. The minimum atomic E-state index is 0.137. The molecule has 2 aliphatic heterocycles. The zero-order valence-corrected chi connectivity index (χ0v) is 7.71. The number of carbonyl (C=O) groups excluding carboxylic acids is 1. The fraction of sp³-hybridized carbons (Fsp3) is 0.889. The Labute approximate surface area is 78.0 Å². The Bertz CT molecular complexity index is 186. The quantitative estimate of drug-likeness (QED) is 0.630. The lowest BCUT2D eigenvalue weighted by atomic mass is 10.1. The first-order chi connectivity index (χ1) is 6.34. The van der Waals surface area contributed by atoms with Crippen LogP contribution in [0.2, 0.25) is 0 Å². The maximum absolute atomic E-state index is 11.4. The van der Waals surface area contributed by atoms with Crippen LogP contribution in [-0.4, -0.2) is 37.7 Å². The van der Waals surface area contributed by atoms with Gasteiger partial charge in [-0.3, -0.25) is 4.79 Å². The molecule has 2 fully saturated rings. The summed E-state index contributed by atoms with van der Waals surface area (Å²) in [5.74, 6) is 0.137. The molecule has 0 aliphatic carbocycles. The molecule has 4 nitrogen and oxygen atoms in total. The Morgan fingerprint density at radius 3 is 2.92 bits per heavy atom. The summed E-state index contributed by atoms with van der Waals surface area (Å²) < 4.78 is 5.38. The van der Waals surface area contributed by atoms with E-state index in [4.69, 9.17) is 4.74 Å². The Kier molecular flexibility index (Phi) is 2.80. The topological polar surface area (TPSA) is 50.4 Å². The van der Waals surface area contributed by atoms with Crippen LogP contribution in [0.25, 0.3) is 0 Å². The smallest absolute Gasteiger partial charge is 0.222 e. The van der Waals surface area contributed by atoms with Crippen molar-refractivity contribution < 1.29 is 9.53 Å². The van der Waals surface area contributed by atoms with E-state index in [-0.39, 0.29) is 12.0 Å². The third-order valence-electron chi connectivity index (χ3n) is 2.58. The van der Waals surface area contributed by atoms with Crippen molar-refractivity contribution in [2.75, 3.05) is 19.7 Å². The van der Waals surface area contributed by atoms with Crippen LogP contribution in [0, 0.1) is 0 Å². The summed E-state index contributed by atoms with van der Waals surface area (Å²) in [5, 5.41) is 6.08. The van der Waals surface area contributed by atoms with Crippen molar-refractivity contribution in [3.63, 3.8) is 0 Å². The van der Waals surface area contributed by atoms with Crippen LogP contribution >= 0.6 is 0 Å². The second-order valence-electron chi connectivity index (χ2n) is 3.76. The fourth-order valence-corrected chi connectivity index (χ4v) is 1.69. The average molecular weight is 184 g/mol. The number of hydrogen-bond acceptors (Lipinski definition) is 3. The third kappa shape index (κ3) is 2.42. The highest BCUT2D eigenvalue weighted by Crippen LogP contribution is 2.14. The average Bonchev–Trinajstić information content (AvgIpc) is 2.49. The summed E-state index contributed by atoms with van der Waals surface area (Å²) in [6.07, 6.45) is 2.85. The summed E-state index contributed by atoms with van der Waals surface area (Å²) >= 11 is 0. The van der Waals surface area contributed by atoms with Crippen molar-refractivity contribution >= 4 is 5.91 Å². The van der Waals surface area contributed by atoms with E-state index in [0.29, 0.717) is 12.5 Å². The number of carbonyl (C=O) groups is 1. The molecule has 2 aliphatic rings. The molecule has 0 radical (unpaired) electrons. The lowest BCUT2D eigenvalue weighted by Gasteiger charge is -2.28. The zero-order chi connectivity index (χ0) is 9.10. The van der Waals surface area contributed by atoms with Gasteiger partial charge in [-0.1, -0.05) is 0 Å². The molecule has 0 aromatic rings. The van der Waals surface area contributed by atoms with Crippen LogP contribution in [0.4, 0.5) is 0 Å². The second-order valence-corrected chi connectivity index (χ2v) is 3.76. The Morgan fingerprint density at radius 1 is 1.54 bits per heavy atom. The van der Waals surface area contributed by atoms with Gasteiger partial charge in [0.25, 0.3) is 0 Å². The molecule has 0 spiro atoms. The molecule has 0 aromatic carbocycles. The molecule has 0 bridgehead atoms. The Hall–Kier alpha value is -0.610. The highest BCUT2D eigenvalue weighted by atomic mass is 16.5. The third-order valence-corrected chi connectivity index (χ3v) is 2.58. The first kappa shape index (κ1) is 8.97. The molecular formula is C9H16N2O2. The van der Waals surface area contributed by atoms with E-state index >= 15 is 0 Å². The van der Waals surface area contributed by atoms with E-state index in [1.807, 2.05) is 0 Å². The number of nitrogens with one attached hydrogen (secondary N) is 2. The summed E-state index contributed by atoms with van der Waals surface area (Å²) in [6.45, 7) is 2.65. The van der Waals surface area contributed by atoms with E-state index in [0.717, 1.165) is 32.5 Å². The monoisotopic (exact) mass is 184 g/mol. The van der Waals surface area contributed by atoms with Gasteiger partial charge in [0.2, 0.25) is 5.91 Å². The van der Waals surface area contributed by atoms with Crippen molar-refractivity contribution in [2.45, 2.75) is 31.4 Å². The van der Waals surface area contributed by atoms with Crippen molar-refractivity contribution in [3.05, 3.63) is 0 Å². The molecule has 0 aromatic heterocycles. The standard InChI is InChI=1S/C9H16N2O2/c12-9(11-7-5-10-6-7)4-8-2-1-3-13-8/h7-8,10H,1-6H2,(H,11,12). The van der Waals surface area contributed by atoms with Gasteiger partial charge in [-0.25, -0.2) is 0 Å². The number of rotatable bonds is 3. The first-order valence-corrected chi connectivity index (χ1v) is 4.96.